The predicted molar refractivity (Wildman–Crippen MR) is 128 cm³/mol. The third-order valence-electron chi connectivity index (χ3n) is 5.79. The Labute approximate surface area is 204 Å². The molecule has 36 heavy (non-hydrogen) atoms. The lowest BCUT2D eigenvalue weighted by Crippen LogP contribution is -2.14. The molecule has 0 radical (unpaired) electrons. The fraction of sp³-hybridized carbons (Fsp3) is 0.333. The Morgan fingerprint density at radius 1 is 0.944 bits per heavy atom. The van der Waals surface area contributed by atoms with E-state index in [1.165, 1.54) is 18.5 Å². The number of hydrogen-bond donors (Lipinski definition) is 2. The summed E-state index contributed by atoms with van der Waals surface area (Å²) in [7, 11) is 0. The van der Waals surface area contributed by atoms with Gasteiger partial charge in [0.05, 0.1) is 17.4 Å². The molecule has 0 unspecified atom stereocenters. The Morgan fingerprint density at radius 3 is 2.42 bits per heavy atom. The van der Waals surface area contributed by atoms with Gasteiger partial charge in [-0.05, 0) is 30.2 Å². The number of nitrogens with one attached hydrogen (secondary N) is 2. The van der Waals surface area contributed by atoms with Crippen molar-refractivity contribution < 1.29 is 17.6 Å². The molecule has 12 heteroatoms. The second-order valence-corrected chi connectivity index (χ2v) is 8.14. The number of hydrogen-bond acceptors (Lipinski definition) is 8. The van der Waals surface area contributed by atoms with Crippen LogP contribution in [0.25, 0.3) is 22.6 Å². The van der Waals surface area contributed by atoms with Gasteiger partial charge in [-0.15, -0.1) is 10.2 Å². The molecular formula is C24H24F4N8. The van der Waals surface area contributed by atoms with Gasteiger partial charge in [-0.3, -0.25) is 0 Å². The lowest BCUT2D eigenvalue weighted by molar-refractivity contribution is -0.137. The molecule has 0 amide bonds. The van der Waals surface area contributed by atoms with Crippen LogP contribution in [0, 0.1) is 5.92 Å². The van der Waals surface area contributed by atoms with E-state index < -0.39 is 18.4 Å². The molecule has 0 aliphatic heterocycles. The minimum absolute atomic E-state index is 0.198. The zero-order valence-electron chi connectivity index (χ0n) is 19.6. The molecule has 4 aromatic rings. The minimum Gasteiger partial charge on any atom is -0.368 e. The molecule has 4 heterocycles. The smallest absolute Gasteiger partial charge is 0.368 e. The first kappa shape index (κ1) is 25.1. The maximum Gasteiger partial charge on any atom is 0.417 e. The van der Waals surface area contributed by atoms with E-state index in [2.05, 4.69) is 54.6 Å². The summed E-state index contributed by atoms with van der Waals surface area (Å²) in [6.45, 7) is 4.19. The average molecular weight is 501 g/mol. The molecule has 0 aliphatic carbocycles. The van der Waals surface area contributed by atoms with Crippen molar-refractivity contribution in [3.63, 3.8) is 0 Å². The van der Waals surface area contributed by atoms with Crippen LogP contribution in [0.5, 0.6) is 0 Å². The molecule has 4 rings (SSSR count). The van der Waals surface area contributed by atoms with Crippen molar-refractivity contribution in [1.82, 2.24) is 30.1 Å². The number of pyridine rings is 2. The minimum atomic E-state index is -4.47. The highest BCUT2D eigenvalue weighted by Gasteiger charge is 2.30. The molecule has 4 aromatic heterocycles. The largest absolute Gasteiger partial charge is 0.417 e. The number of anilines is 3. The Balaban J connectivity index is 1.59. The van der Waals surface area contributed by atoms with Crippen molar-refractivity contribution in [1.29, 1.82) is 0 Å². The summed E-state index contributed by atoms with van der Waals surface area (Å²) in [4.78, 5) is 16.9. The highest BCUT2D eigenvalue weighted by molar-refractivity contribution is 5.87. The van der Waals surface area contributed by atoms with Gasteiger partial charge in [0.25, 0.3) is 0 Å². The number of rotatable bonds is 9. The number of halogens is 4. The van der Waals surface area contributed by atoms with Crippen LogP contribution in [0.15, 0.2) is 42.9 Å². The zero-order chi connectivity index (χ0) is 25.7. The van der Waals surface area contributed by atoms with Gasteiger partial charge >= 0.3 is 6.18 Å². The first-order valence-corrected chi connectivity index (χ1v) is 11.4. The first-order chi connectivity index (χ1) is 17.3. The molecule has 0 atom stereocenters. The van der Waals surface area contributed by atoms with Gasteiger partial charge in [0.2, 0.25) is 0 Å². The lowest BCUT2D eigenvalue weighted by Gasteiger charge is -2.14. The molecule has 0 saturated heterocycles. The Bertz CT molecular complexity index is 1320. The zero-order valence-corrected chi connectivity index (χ0v) is 19.6. The lowest BCUT2D eigenvalue weighted by atomic mass is 10.0. The van der Waals surface area contributed by atoms with Crippen LogP contribution in [0.1, 0.15) is 37.8 Å². The first-order valence-electron chi connectivity index (χ1n) is 11.4. The van der Waals surface area contributed by atoms with Crippen LogP contribution in [0.3, 0.4) is 0 Å². The molecule has 188 valence electrons. The quantitative estimate of drug-likeness (QED) is 0.272. The summed E-state index contributed by atoms with van der Waals surface area (Å²) in [6, 6.07) is 5.36. The van der Waals surface area contributed by atoms with Crippen LogP contribution >= 0.6 is 0 Å². The van der Waals surface area contributed by atoms with Gasteiger partial charge in [-0.1, -0.05) is 26.7 Å². The molecule has 2 N–H and O–H groups in total. The van der Waals surface area contributed by atoms with Crippen LogP contribution in [-0.2, 0) is 12.9 Å². The Hall–Kier alpha value is -3.96. The standard InChI is InChI=1S/C24H24F4N8/c1-3-14(4-2)11-30-20-9-15(10-25)21(36-35-20)18-13-32-22-17(7-8-29-23(22)34-18)33-19-6-5-16(12-31-19)24(26,27)28/h5-9,12-14H,3-4,10-11H2,1-2H3,(H,30,35)(H,29,31,33,34). The average Bonchev–Trinajstić information content (AvgIpc) is 2.89. The highest BCUT2D eigenvalue weighted by Crippen LogP contribution is 2.30. The summed E-state index contributed by atoms with van der Waals surface area (Å²) in [6.07, 6.45) is 1.22. The second kappa shape index (κ2) is 10.8. The van der Waals surface area contributed by atoms with Crippen molar-refractivity contribution in [2.45, 2.75) is 39.5 Å². The molecule has 0 fully saturated rings. The van der Waals surface area contributed by atoms with E-state index in [1.807, 2.05) is 0 Å². The molecule has 0 aromatic carbocycles. The SMILES string of the molecule is CCC(CC)CNc1cc(CF)c(-c2cnc3c(Nc4ccc(C(F)(F)F)cn4)ccnc3n2)nn1. The highest BCUT2D eigenvalue weighted by atomic mass is 19.4. The molecule has 8 nitrogen and oxygen atoms in total. The number of aromatic nitrogens is 6. The predicted octanol–water partition coefficient (Wildman–Crippen LogP) is 5.96. The Kier molecular flexibility index (Phi) is 7.51. The second-order valence-electron chi connectivity index (χ2n) is 8.14. The van der Waals surface area contributed by atoms with Crippen LogP contribution < -0.4 is 10.6 Å². The topological polar surface area (TPSA) is 101 Å². The van der Waals surface area contributed by atoms with Crippen molar-refractivity contribution >= 4 is 28.5 Å². The fourth-order valence-corrected chi connectivity index (χ4v) is 3.57. The number of fused-ring (bicyclic) bond motifs is 1. The van der Waals surface area contributed by atoms with E-state index in [4.69, 9.17) is 0 Å². The van der Waals surface area contributed by atoms with Gasteiger partial charge in [-0.2, -0.15) is 13.2 Å². The van der Waals surface area contributed by atoms with E-state index in [0.717, 1.165) is 31.6 Å². The molecule has 0 saturated carbocycles. The van der Waals surface area contributed by atoms with E-state index in [0.29, 0.717) is 34.2 Å². The van der Waals surface area contributed by atoms with E-state index in [1.54, 1.807) is 12.1 Å². The maximum absolute atomic E-state index is 13.9. The third kappa shape index (κ3) is 5.64. The molecule has 0 spiro atoms. The van der Waals surface area contributed by atoms with Crippen molar-refractivity contribution in [3.05, 3.63) is 54.0 Å². The number of alkyl halides is 4. The molecule has 0 bridgehead atoms. The molecular weight excluding hydrogens is 476 g/mol. The van der Waals surface area contributed by atoms with Crippen LogP contribution in [0.4, 0.5) is 34.9 Å². The fourth-order valence-electron chi connectivity index (χ4n) is 3.57. The van der Waals surface area contributed by atoms with Gasteiger partial charge < -0.3 is 10.6 Å². The monoisotopic (exact) mass is 500 g/mol. The summed E-state index contributed by atoms with van der Waals surface area (Å²) < 4.78 is 52.2. The maximum atomic E-state index is 13.9. The summed E-state index contributed by atoms with van der Waals surface area (Å²) in [5.74, 6) is 1.17. The van der Waals surface area contributed by atoms with Gasteiger partial charge in [-0.25, -0.2) is 24.3 Å². The van der Waals surface area contributed by atoms with E-state index in [9.17, 15) is 17.6 Å². The van der Waals surface area contributed by atoms with Crippen LogP contribution in [0.2, 0.25) is 0 Å². The van der Waals surface area contributed by atoms with E-state index >= 15 is 0 Å². The van der Waals surface area contributed by atoms with E-state index in [-0.39, 0.29) is 17.2 Å². The number of nitrogens with zero attached hydrogens (tertiary/aromatic N) is 6. The summed E-state index contributed by atoms with van der Waals surface area (Å²) in [5, 5.41) is 14.5. The van der Waals surface area contributed by atoms with Gasteiger partial charge in [0.15, 0.2) is 5.65 Å². The summed E-state index contributed by atoms with van der Waals surface area (Å²) >= 11 is 0. The normalized spacial score (nSPS) is 11.8. The van der Waals surface area contributed by atoms with Gasteiger partial charge in [0, 0.05) is 24.5 Å². The Morgan fingerprint density at radius 2 is 1.75 bits per heavy atom. The van der Waals surface area contributed by atoms with Crippen molar-refractivity contribution in [2.24, 2.45) is 5.92 Å². The van der Waals surface area contributed by atoms with Crippen molar-refractivity contribution in [2.75, 3.05) is 17.2 Å². The molecule has 0 aliphatic rings. The van der Waals surface area contributed by atoms with Crippen molar-refractivity contribution in [3.8, 4) is 11.4 Å². The van der Waals surface area contributed by atoms with Gasteiger partial charge in [0.1, 0.15) is 35.2 Å². The third-order valence-corrected chi connectivity index (χ3v) is 5.79. The van der Waals surface area contributed by atoms with Crippen LogP contribution in [-0.4, -0.2) is 36.7 Å². The summed E-state index contributed by atoms with van der Waals surface area (Å²) in [5.41, 5.74) is 1.07.